The van der Waals surface area contributed by atoms with E-state index < -0.39 is 11.9 Å². The maximum atomic E-state index is 13.1. The zero-order valence-electron chi connectivity index (χ0n) is 9.73. The summed E-state index contributed by atoms with van der Waals surface area (Å²) in [6, 6.07) is 5.94. The van der Waals surface area contributed by atoms with Crippen molar-refractivity contribution in [2.45, 2.75) is 6.04 Å². The number of hydrogen-bond donors (Lipinski definition) is 1. The fourth-order valence-electron chi connectivity index (χ4n) is 1.73. The Morgan fingerprint density at radius 1 is 1.33 bits per heavy atom. The standard InChI is InChI=1S/C13H12ClFN2O/c1-18-12-3-2-9(14)5-11(12)13(16)8-4-10(15)7-17-6-8/h2-7,13H,16H2,1H3. The molecule has 3 nitrogen and oxygen atoms in total. The summed E-state index contributed by atoms with van der Waals surface area (Å²) in [6.45, 7) is 0. The second-order valence-electron chi connectivity index (χ2n) is 3.80. The zero-order chi connectivity index (χ0) is 13.1. The molecule has 0 bridgehead atoms. The lowest BCUT2D eigenvalue weighted by molar-refractivity contribution is 0.408. The summed E-state index contributed by atoms with van der Waals surface area (Å²) in [5, 5.41) is 0.547. The van der Waals surface area contributed by atoms with Gasteiger partial charge in [-0.25, -0.2) is 4.39 Å². The Balaban J connectivity index is 2.44. The summed E-state index contributed by atoms with van der Waals surface area (Å²) < 4.78 is 18.3. The van der Waals surface area contributed by atoms with Crippen LogP contribution in [0.1, 0.15) is 17.2 Å². The highest BCUT2D eigenvalue weighted by atomic mass is 35.5. The number of pyridine rings is 1. The molecule has 2 N–H and O–H groups in total. The fourth-order valence-corrected chi connectivity index (χ4v) is 1.91. The number of rotatable bonds is 3. The Labute approximate surface area is 109 Å². The van der Waals surface area contributed by atoms with Crippen molar-refractivity contribution in [1.82, 2.24) is 4.98 Å². The van der Waals surface area contributed by atoms with Gasteiger partial charge in [0.15, 0.2) is 0 Å². The summed E-state index contributed by atoms with van der Waals surface area (Å²) >= 11 is 5.94. The van der Waals surface area contributed by atoms with E-state index in [4.69, 9.17) is 22.1 Å². The summed E-state index contributed by atoms with van der Waals surface area (Å²) in [6.07, 6.45) is 2.65. The molecule has 5 heteroatoms. The van der Waals surface area contributed by atoms with E-state index in [2.05, 4.69) is 4.98 Å². The van der Waals surface area contributed by atoms with Crippen molar-refractivity contribution in [2.24, 2.45) is 5.73 Å². The van der Waals surface area contributed by atoms with Crippen molar-refractivity contribution < 1.29 is 9.13 Å². The third kappa shape index (κ3) is 2.60. The molecule has 1 atom stereocenters. The smallest absolute Gasteiger partial charge is 0.141 e. The van der Waals surface area contributed by atoms with Gasteiger partial charge in [-0.1, -0.05) is 11.6 Å². The molecular weight excluding hydrogens is 255 g/mol. The number of hydrogen-bond acceptors (Lipinski definition) is 3. The van der Waals surface area contributed by atoms with E-state index in [1.165, 1.54) is 12.3 Å². The van der Waals surface area contributed by atoms with Crippen LogP contribution in [0.3, 0.4) is 0 Å². The van der Waals surface area contributed by atoms with Gasteiger partial charge in [0.25, 0.3) is 0 Å². The Morgan fingerprint density at radius 3 is 2.78 bits per heavy atom. The maximum Gasteiger partial charge on any atom is 0.141 e. The number of methoxy groups -OCH3 is 1. The van der Waals surface area contributed by atoms with Crippen LogP contribution in [0.15, 0.2) is 36.7 Å². The molecule has 94 valence electrons. The van der Waals surface area contributed by atoms with Gasteiger partial charge < -0.3 is 10.5 Å². The van der Waals surface area contributed by atoms with Gasteiger partial charge in [0.1, 0.15) is 11.6 Å². The van der Waals surface area contributed by atoms with E-state index in [1.807, 2.05) is 0 Å². The van der Waals surface area contributed by atoms with Crippen LogP contribution in [0.2, 0.25) is 5.02 Å². The second-order valence-corrected chi connectivity index (χ2v) is 4.24. The van der Waals surface area contributed by atoms with Crippen molar-refractivity contribution in [3.8, 4) is 5.75 Å². The van der Waals surface area contributed by atoms with Crippen molar-refractivity contribution in [3.05, 3.63) is 58.6 Å². The van der Waals surface area contributed by atoms with Gasteiger partial charge in [-0.2, -0.15) is 0 Å². The summed E-state index contributed by atoms with van der Waals surface area (Å²) in [4.78, 5) is 3.78. The van der Waals surface area contributed by atoms with E-state index >= 15 is 0 Å². The summed E-state index contributed by atoms with van der Waals surface area (Å²) in [7, 11) is 1.54. The first-order valence-corrected chi connectivity index (χ1v) is 5.69. The first-order chi connectivity index (χ1) is 8.61. The molecule has 1 aromatic carbocycles. The highest BCUT2D eigenvalue weighted by molar-refractivity contribution is 6.30. The zero-order valence-corrected chi connectivity index (χ0v) is 10.5. The third-order valence-electron chi connectivity index (χ3n) is 2.61. The summed E-state index contributed by atoms with van der Waals surface area (Å²) in [5.74, 6) is 0.181. The van der Waals surface area contributed by atoms with Gasteiger partial charge >= 0.3 is 0 Å². The molecule has 0 aliphatic rings. The lowest BCUT2D eigenvalue weighted by Crippen LogP contribution is -2.13. The van der Waals surface area contributed by atoms with E-state index in [0.717, 1.165) is 6.20 Å². The lowest BCUT2D eigenvalue weighted by atomic mass is 10.0. The van der Waals surface area contributed by atoms with E-state index in [0.29, 0.717) is 21.9 Å². The highest BCUT2D eigenvalue weighted by Crippen LogP contribution is 2.30. The number of ether oxygens (including phenoxy) is 1. The minimum Gasteiger partial charge on any atom is -0.496 e. The van der Waals surface area contributed by atoms with Gasteiger partial charge in [0.2, 0.25) is 0 Å². The maximum absolute atomic E-state index is 13.1. The van der Waals surface area contributed by atoms with Crippen molar-refractivity contribution in [2.75, 3.05) is 7.11 Å². The molecule has 0 amide bonds. The van der Waals surface area contributed by atoms with Crippen molar-refractivity contribution in [1.29, 1.82) is 0 Å². The van der Waals surface area contributed by atoms with Crippen LogP contribution in [-0.4, -0.2) is 12.1 Å². The SMILES string of the molecule is COc1ccc(Cl)cc1C(N)c1cncc(F)c1. The van der Waals surface area contributed by atoms with Crippen LogP contribution >= 0.6 is 11.6 Å². The number of nitrogens with two attached hydrogens (primary N) is 1. The molecule has 1 unspecified atom stereocenters. The Hall–Kier alpha value is -1.65. The molecular formula is C13H12ClFN2O. The highest BCUT2D eigenvalue weighted by Gasteiger charge is 2.15. The molecule has 0 radical (unpaired) electrons. The minimum atomic E-state index is -0.540. The topological polar surface area (TPSA) is 48.1 Å². The molecule has 1 aromatic heterocycles. The molecule has 2 rings (SSSR count). The number of benzene rings is 1. The predicted octanol–water partition coefficient (Wildman–Crippen LogP) is 2.93. The van der Waals surface area contributed by atoms with Gasteiger partial charge in [-0.3, -0.25) is 4.98 Å². The molecule has 0 aliphatic carbocycles. The van der Waals surface area contributed by atoms with E-state index in [-0.39, 0.29) is 0 Å². The van der Waals surface area contributed by atoms with Crippen LogP contribution in [0, 0.1) is 5.82 Å². The largest absolute Gasteiger partial charge is 0.496 e. The van der Waals surface area contributed by atoms with E-state index in [9.17, 15) is 4.39 Å². The van der Waals surface area contributed by atoms with E-state index in [1.54, 1.807) is 25.3 Å². The van der Waals surface area contributed by atoms with Gasteiger partial charge in [0.05, 0.1) is 19.3 Å². The van der Waals surface area contributed by atoms with Crippen LogP contribution in [-0.2, 0) is 0 Å². The Morgan fingerprint density at radius 2 is 2.11 bits per heavy atom. The molecule has 18 heavy (non-hydrogen) atoms. The average molecular weight is 267 g/mol. The van der Waals surface area contributed by atoms with Crippen molar-refractivity contribution in [3.63, 3.8) is 0 Å². The quantitative estimate of drug-likeness (QED) is 0.929. The summed E-state index contributed by atoms with van der Waals surface area (Å²) in [5.41, 5.74) is 7.34. The van der Waals surface area contributed by atoms with Crippen LogP contribution < -0.4 is 10.5 Å². The first kappa shape index (κ1) is 12.8. The number of halogens is 2. The number of aromatic nitrogens is 1. The van der Waals surface area contributed by atoms with Crippen LogP contribution in [0.25, 0.3) is 0 Å². The molecule has 0 aliphatic heterocycles. The first-order valence-electron chi connectivity index (χ1n) is 5.31. The molecule has 1 heterocycles. The molecule has 0 saturated carbocycles. The average Bonchev–Trinajstić information content (AvgIpc) is 2.38. The lowest BCUT2D eigenvalue weighted by Gasteiger charge is -2.16. The van der Waals surface area contributed by atoms with Crippen molar-refractivity contribution >= 4 is 11.6 Å². The molecule has 0 saturated heterocycles. The van der Waals surface area contributed by atoms with Crippen LogP contribution in [0.5, 0.6) is 5.75 Å². The minimum absolute atomic E-state index is 0.427. The van der Waals surface area contributed by atoms with Gasteiger partial charge in [-0.15, -0.1) is 0 Å². The Bertz CT molecular complexity index is 562. The molecule has 0 spiro atoms. The predicted molar refractivity (Wildman–Crippen MR) is 68.2 cm³/mol. The van der Waals surface area contributed by atoms with Crippen LogP contribution in [0.4, 0.5) is 4.39 Å². The van der Waals surface area contributed by atoms with Gasteiger partial charge in [-0.05, 0) is 29.8 Å². The normalized spacial score (nSPS) is 12.2. The molecule has 0 fully saturated rings. The van der Waals surface area contributed by atoms with Gasteiger partial charge in [0, 0.05) is 16.8 Å². The third-order valence-corrected chi connectivity index (χ3v) is 2.85. The fraction of sp³-hybridized carbons (Fsp3) is 0.154. The molecule has 2 aromatic rings. The number of nitrogens with zero attached hydrogens (tertiary/aromatic N) is 1. The monoisotopic (exact) mass is 266 g/mol. The Kier molecular flexibility index (Phi) is 3.79. The second kappa shape index (κ2) is 5.33.